The van der Waals surface area contributed by atoms with Gasteiger partial charge in [0.1, 0.15) is 0 Å². The van der Waals surface area contributed by atoms with Gasteiger partial charge in [0.25, 0.3) is 0 Å². The molecule has 2 aliphatic carbocycles. The number of benzene rings is 7. The van der Waals surface area contributed by atoms with E-state index in [2.05, 4.69) is 196 Å². The Bertz CT molecular complexity index is 2380. The maximum Gasteiger partial charge on any atom is 0.0540 e. The summed E-state index contributed by atoms with van der Waals surface area (Å²) in [6.45, 7) is 9.44. The van der Waals surface area contributed by atoms with Crippen LogP contribution >= 0.6 is 0 Å². The van der Waals surface area contributed by atoms with Crippen molar-refractivity contribution < 1.29 is 0 Å². The van der Waals surface area contributed by atoms with Gasteiger partial charge >= 0.3 is 0 Å². The standard InChI is InChI=1S/C48H39N/c1-47(2)42-22-11-8-17-36(42)38-30-27-33(31-44(38)47)32-25-28-35(29-26-32)49(34-15-6-5-7-16-34)45-24-13-10-19-39(45)41-21-14-20-40-37-18-9-12-23-43(37)48(3,4)46(40)41/h5-31H,1-4H3. The van der Waals surface area contributed by atoms with E-state index in [9.17, 15) is 0 Å². The highest BCUT2D eigenvalue weighted by atomic mass is 15.1. The van der Waals surface area contributed by atoms with Gasteiger partial charge in [-0.25, -0.2) is 0 Å². The van der Waals surface area contributed by atoms with Crippen molar-refractivity contribution in [3.8, 4) is 44.5 Å². The van der Waals surface area contributed by atoms with E-state index in [1.54, 1.807) is 0 Å². The van der Waals surface area contributed by atoms with Crippen molar-refractivity contribution in [2.24, 2.45) is 0 Å². The van der Waals surface area contributed by atoms with Crippen molar-refractivity contribution in [1.29, 1.82) is 0 Å². The smallest absolute Gasteiger partial charge is 0.0540 e. The first-order valence-corrected chi connectivity index (χ1v) is 17.4. The molecule has 0 saturated carbocycles. The second-order valence-electron chi connectivity index (χ2n) is 14.6. The molecule has 0 bridgehead atoms. The van der Waals surface area contributed by atoms with Crippen LogP contribution in [0.3, 0.4) is 0 Å². The third kappa shape index (κ3) is 4.46. The van der Waals surface area contributed by atoms with Crippen molar-refractivity contribution in [3.05, 3.63) is 186 Å². The highest BCUT2D eigenvalue weighted by molar-refractivity contribution is 5.94. The fraction of sp³-hybridized carbons (Fsp3) is 0.125. The highest BCUT2D eigenvalue weighted by Gasteiger charge is 2.38. The average Bonchev–Trinajstić information content (AvgIpc) is 3.52. The minimum Gasteiger partial charge on any atom is -0.310 e. The summed E-state index contributed by atoms with van der Waals surface area (Å²) in [7, 11) is 0. The Kier molecular flexibility index (Phi) is 6.58. The molecule has 7 aromatic rings. The molecule has 7 aromatic carbocycles. The van der Waals surface area contributed by atoms with Gasteiger partial charge in [-0.05, 0) is 97.6 Å². The predicted molar refractivity (Wildman–Crippen MR) is 207 cm³/mol. The zero-order valence-electron chi connectivity index (χ0n) is 28.5. The number of para-hydroxylation sites is 2. The molecule has 1 heteroatoms. The van der Waals surface area contributed by atoms with Gasteiger partial charge in [-0.15, -0.1) is 0 Å². The molecule has 0 amide bonds. The van der Waals surface area contributed by atoms with Gasteiger partial charge in [0.05, 0.1) is 5.69 Å². The molecule has 2 aliphatic rings. The molecule has 9 rings (SSSR count). The van der Waals surface area contributed by atoms with E-state index < -0.39 is 0 Å². The van der Waals surface area contributed by atoms with E-state index >= 15 is 0 Å². The number of rotatable bonds is 5. The van der Waals surface area contributed by atoms with Gasteiger partial charge in [0.15, 0.2) is 0 Å². The van der Waals surface area contributed by atoms with Crippen LogP contribution in [-0.2, 0) is 10.8 Å². The van der Waals surface area contributed by atoms with Crippen LogP contribution in [0.4, 0.5) is 17.1 Å². The zero-order valence-corrected chi connectivity index (χ0v) is 28.5. The van der Waals surface area contributed by atoms with Crippen molar-refractivity contribution in [3.63, 3.8) is 0 Å². The van der Waals surface area contributed by atoms with Crippen LogP contribution in [-0.4, -0.2) is 0 Å². The Balaban J connectivity index is 1.15. The van der Waals surface area contributed by atoms with Crippen LogP contribution in [0, 0.1) is 0 Å². The first-order valence-electron chi connectivity index (χ1n) is 17.4. The number of hydrogen-bond donors (Lipinski definition) is 0. The Morgan fingerprint density at radius 2 is 0.837 bits per heavy atom. The van der Waals surface area contributed by atoms with E-state index in [-0.39, 0.29) is 10.8 Å². The molecule has 0 atom stereocenters. The fourth-order valence-electron chi connectivity index (χ4n) is 8.66. The molecule has 0 heterocycles. The van der Waals surface area contributed by atoms with Crippen molar-refractivity contribution in [2.75, 3.05) is 4.90 Å². The molecule has 0 saturated heterocycles. The molecular formula is C48H39N. The Morgan fingerprint density at radius 3 is 1.55 bits per heavy atom. The summed E-state index contributed by atoms with van der Waals surface area (Å²) >= 11 is 0. The maximum absolute atomic E-state index is 2.41. The van der Waals surface area contributed by atoms with Crippen LogP contribution in [0.25, 0.3) is 44.5 Å². The largest absolute Gasteiger partial charge is 0.310 e. The first kappa shape index (κ1) is 29.5. The molecular weight excluding hydrogens is 591 g/mol. The van der Waals surface area contributed by atoms with Gasteiger partial charge in [0.2, 0.25) is 0 Å². The summed E-state index contributed by atoms with van der Waals surface area (Å²) in [5.74, 6) is 0. The second kappa shape index (κ2) is 10.9. The van der Waals surface area contributed by atoms with Crippen LogP contribution in [0.5, 0.6) is 0 Å². The molecule has 49 heavy (non-hydrogen) atoms. The van der Waals surface area contributed by atoms with E-state index in [4.69, 9.17) is 0 Å². The monoisotopic (exact) mass is 629 g/mol. The van der Waals surface area contributed by atoms with Crippen LogP contribution in [0.15, 0.2) is 164 Å². The van der Waals surface area contributed by atoms with Gasteiger partial charge in [-0.1, -0.05) is 155 Å². The van der Waals surface area contributed by atoms with E-state index in [0.29, 0.717) is 0 Å². The first-order chi connectivity index (χ1) is 23.8. The van der Waals surface area contributed by atoms with Gasteiger partial charge in [-0.3, -0.25) is 0 Å². The lowest BCUT2D eigenvalue weighted by Crippen LogP contribution is -2.17. The normalized spacial score (nSPS) is 14.4. The minimum absolute atomic E-state index is 0.0246. The minimum atomic E-state index is -0.110. The van der Waals surface area contributed by atoms with Gasteiger partial charge < -0.3 is 4.90 Å². The lowest BCUT2D eigenvalue weighted by molar-refractivity contribution is 0.660. The van der Waals surface area contributed by atoms with E-state index in [1.807, 2.05) is 0 Å². The maximum atomic E-state index is 2.41. The third-order valence-electron chi connectivity index (χ3n) is 11.1. The quantitative estimate of drug-likeness (QED) is 0.183. The molecule has 1 nitrogen and oxygen atoms in total. The van der Waals surface area contributed by atoms with E-state index in [1.165, 1.54) is 72.4 Å². The molecule has 236 valence electrons. The summed E-state index contributed by atoms with van der Waals surface area (Å²) in [6.07, 6.45) is 0. The molecule has 0 spiro atoms. The topological polar surface area (TPSA) is 3.24 Å². The summed E-state index contributed by atoms with van der Waals surface area (Å²) in [5, 5.41) is 0. The summed E-state index contributed by atoms with van der Waals surface area (Å²) < 4.78 is 0. The zero-order chi connectivity index (χ0) is 33.3. The fourth-order valence-corrected chi connectivity index (χ4v) is 8.66. The SMILES string of the molecule is CC1(C)c2ccccc2-c2ccc(-c3ccc(N(c4ccccc4)c4ccccc4-c4cccc5c4C(C)(C)c4ccccc4-5)cc3)cc21. The molecule has 0 radical (unpaired) electrons. The summed E-state index contributed by atoms with van der Waals surface area (Å²) in [4.78, 5) is 2.41. The van der Waals surface area contributed by atoms with E-state index in [0.717, 1.165) is 11.4 Å². The predicted octanol–water partition coefficient (Wildman–Crippen LogP) is 13.1. The van der Waals surface area contributed by atoms with Crippen molar-refractivity contribution in [1.82, 2.24) is 0 Å². The van der Waals surface area contributed by atoms with Crippen LogP contribution in [0.1, 0.15) is 49.9 Å². The molecule has 0 unspecified atom stereocenters. The number of nitrogens with zero attached hydrogens (tertiary/aromatic N) is 1. The lowest BCUT2D eigenvalue weighted by atomic mass is 9.78. The third-order valence-corrected chi connectivity index (χ3v) is 11.1. The summed E-state index contributed by atoms with van der Waals surface area (Å²) in [6, 6.07) is 60.4. The number of hydrogen-bond acceptors (Lipinski definition) is 1. The van der Waals surface area contributed by atoms with Crippen LogP contribution in [0.2, 0.25) is 0 Å². The average molecular weight is 630 g/mol. The molecule has 0 aliphatic heterocycles. The van der Waals surface area contributed by atoms with Gasteiger partial charge in [-0.2, -0.15) is 0 Å². The molecule has 0 N–H and O–H groups in total. The van der Waals surface area contributed by atoms with Crippen molar-refractivity contribution >= 4 is 17.1 Å². The summed E-state index contributed by atoms with van der Waals surface area (Å²) in [5.41, 5.74) is 19.3. The second-order valence-corrected chi connectivity index (χ2v) is 14.6. The van der Waals surface area contributed by atoms with Crippen LogP contribution < -0.4 is 4.90 Å². The highest BCUT2D eigenvalue weighted by Crippen LogP contribution is 2.54. The van der Waals surface area contributed by atoms with Crippen molar-refractivity contribution in [2.45, 2.75) is 38.5 Å². The molecule has 0 fully saturated rings. The number of fused-ring (bicyclic) bond motifs is 6. The Labute approximate surface area is 290 Å². The Morgan fingerprint density at radius 1 is 0.347 bits per heavy atom. The number of anilines is 3. The van der Waals surface area contributed by atoms with Gasteiger partial charge in [0, 0.05) is 27.8 Å². The molecule has 0 aromatic heterocycles. The lowest BCUT2D eigenvalue weighted by Gasteiger charge is -2.30. The Hall–Kier alpha value is -5.66.